The minimum Gasteiger partial charge on any atom is -0.489 e. The van der Waals surface area contributed by atoms with Crippen LogP contribution in [-0.2, 0) is 19.0 Å². The van der Waals surface area contributed by atoms with Gasteiger partial charge < -0.3 is 14.2 Å². The van der Waals surface area contributed by atoms with Gasteiger partial charge in [0.1, 0.15) is 0 Å². The van der Waals surface area contributed by atoms with Crippen LogP contribution in [0.15, 0.2) is 61.1 Å². The maximum atomic E-state index is 11.4. The molecular weight excluding hydrogens is 244 g/mol. The van der Waals surface area contributed by atoms with Crippen molar-refractivity contribution in [3.8, 4) is 0 Å². The topological polar surface area (TPSA) is 44.8 Å². The van der Waals surface area contributed by atoms with E-state index in [1.54, 1.807) is 24.3 Å². The van der Waals surface area contributed by atoms with E-state index in [1.165, 1.54) is 12.5 Å². The molecule has 4 nitrogen and oxygen atoms in total. The van der Waals surface area contributed by atoms with Crippen molar-refractivity contribution in [2.75, 3.05) is 6.61 Å². The quantitative estimate of drug-likeness (QED) is 0.601. The average Bonchev–Trinajstić information content (AvgIpc) is 2.46. The lowest BCUT2D eigenvalue weighted by atomic mass is 10.2. The molecule has 1 aliphatic rings. The summed E-state index contributed by atoms with van der Waals surface area (Å²) in [6, 6.07) is 9.65. The molecule has 0 spiro atoms. The maximum Gasteiger partial charge on any atom is 0.347 e. The Morgan fingerprint density at radius 2 is 2.11 bits per heavy atom. The van der Waals surface area contributed by atoms with Crippen LogP contribution in [0.25, 0.3) is 6.08 Å². The summed E-state index contributed by atoms with van der Waals surface area (Å²) in [5, 5.41) is 0. The fourth-order valence-electron chi connectivity index (χ4n) is 1.41. The summed E-state index contributed by atoms with van der Waals surface area (Å²) in [5.41, 5.74) is 1.000. The smallest absolute Gasteiger partial charge is 0.347 e. The first-order valence-electron chi connectivity index (χ1n) is 5.86. The second-order valence-electron chi connectivity index (χ2n) is 3.73. The summed E-state index contributed by atoms with van der Waals surface area (Å²) >= 11 is 0. The van der Waals surface area contributed by atoms with Gasteiger partial charge in [-0.15, -0.1) is 0 Å². The third-order valence-electron chi connectivity index (χ3n) is 2.28. The van der Waals surface area contributed by atoms with Crippen LogP contribution in [0.3, 0.4) is 0 Å². The number of hydrogen-bond donors (Lipinski definition) is 0. The van der Waals surface area contributed by atoms with Crippen molar-refractivity contribution in [1.29, 1.82) is 0 Å². The molecule has 1 unspecified atom stereocenters. The highest BCUT2D eigenvalue weighted by Crippen LogP contribution is 2.05. The molecule has 19 heavy (non-hydrogen) atoms. The van der Waals surface area contributed by atoms with E-state index in [0.717, 1.165) is 5.56 Å². The summed E-state index contributed by atoms with van der Waals surface area (Å²) in [4.78, 5) is 11.4. The van der Waals surface area contributed by atoms with Gasteiger partial charge in [-0.05, 0) is 23.8 Å². The number of esters is 1. The van der Waals surface area contributed by atoms with Gasteiger partial charge in [0, 0.05) is 0 Å². The SMILES string of the molecule is O=C(COC=Cc1ccccc1)OC1C=CC=CO1. The standard InChI is InChI=1S/C15H14O4/c16-14(19-15-8-4-5-10-18-15)12-17-11-9-13-6-2-1-3-7-13/h1-11,15H,12H2. The number of ether oxygens (including phenoxy) is 3. The highest BCUT2D eigenvalue weighted by Gasteiger charge is 2.12. The molecule has 0 radical (unpaired) electrons. The first-order valence-corrected chi connectivity index (χ1v) is 5.86. The Morgan fingerprint density at radius 3 is 2.84 bits per heavy atom. The highest BCUT2D eigenvalue weighted by molar-refractivity contribution is 5.71. The van der Waals surface area contributed by atoms with E-state index in [4.69, 9.17) is 14.2 Å². The second kappa shape index (κ2) is 7.06. The van der Waals surface area contributed by atoms with Crippen molar-refractivity contribution < 1.29 is 19.0 Å². The zero-order chi connectivity index (χ0) is 13.3. The Kier molecular flexibility index (Phi) is 4.81. The van der Waals surface area contributed by atoms with Crippen LogP contribution in [0.5, 0.6) is 0 Å². The molecule has 1 aromatic rings. The molecule has 0 N–H and O–H groups in total. The van der Waals surface area contributed by atoms with Crippen molar-refractivity contribution in [1.82, 2.24) is 0 Å². The van der Waals surface area contributed by atoms with E-state index in [-0.39, 0.29) is 6.61 Å². The van der Waals surface area contributed by atoms with Crippen LogP contribution < -0.4 is 0 Å². The summed E-state index contributed by atoms with van der Waals surface area (Å²) in [5.74, 6) is -0.484. The number of rotatable bonds is 5. The van der Waals surface area contributed by atoms with Gasteiger partial charge in [-0.25, -0.2) is 4.79 Å². The molecule has 2 rings (SSSR count). The molecule has 0 saturated carbocycles. The highest BCUT2D eigenvalue weighted by atomic mass is 16.7. The zero-order valence-electron chi connectivity index (χ0n) is 10.3. The maximum absolute atomic E-state index is 11.4. The predicted octanol–water partition coefficient (Wildman–Crippen LogP) is 2.64. The lowest BCUT2D eigenvalue weighted by molar-refractivity contribution is -0.165. The third kappa shape index (κ3) is 4.71. The van der Waals surface area contributed by atoms with Crippen LogP contribution in [-0.4, -0.2) is 18.9 Å². The third-order valence-corrected chi connectivity index (χ3v) is 2.28. The molecule has 1 heterocycles. The van der Waals surface area contributed by atoms with Gasteiger partial charge in [0.25, 0.3) is 6.29 Å². The predicted molar refractivity (Wildman–Crippen MR) is 70.7 cm³/mol. The first kappa shape index (κ1) is 13.0. The monoisotopic (exact) mass is 258 g/mol. The minimum absolute atomic E-state index is 0.152. The van der Waals surface area contributed by atoms with Gasteiger partial charge in [0.2, 0.25) is 0 Å². The molecule has 1 aliphatic heterocycles. The summed E-state index contributed by atoms with van der Waals surface area (Å²) in [6.07, 6.45) is 9.13. The largest absolute Gasteiger partial charge is 0.489 e. The molecule has 98 valence electrons. The Balaban J connectivity index is 1.68. The van der Waals surface area contributed by atoms with E-state index in [9.17, 15) is 4.79 Å². The number of allylic oxidation sites excluding steroid dienone is 2. The summed E-state index contributed by atoms with van der Waals surface area (Å²) < 4.78 is 15.1. The van der Waals surface area contributed by atoms with Crippen molar-refractivity contribution >= 4 is 12.0 Å². The van der Waals surface area contributed by atoms with Crippen LogP contribution >= 0.6 is 0 Å². The van der Waals surface area contributed by atoms with Gasteiger partial charge in [-0.2, -0.15) is 0 Å². The van der Waals surface area contributed by atoms with Gasteiger partial charge in [-0.3, -0.25) is 0 Å². The number of carbonyl (C=O) groups excluding carboxylic acids is 1. The molecule has 0 aliphatic carbocycles. The van der Waals surface area contributed by atoms with Crippen molar-refractivity contribution in [3.63, 3.8) is 0 Å². The first-order chi connectivity index (χ1) is 9.34. The Hall–Kier alpha value is -2.49. The number of benzene rings is 1. The molecule has 0 bridgehead atoms. The molecule has 1 aromatic carbocycles. The van der Waals surface area contributed by atoms with E-state index < -0.39 is 12.3 Å². The van der Waals surface area contributed by atoms with Crippen LogP contribution in [0, 0.1) is 0 Å². The van der Waals surface area contributed by atoms with E-state index in [0.29, 0.717) is 0 Å². The van der Waals surface area contributed by atoms with Crippen molar-refractivity contribution in [2.24, 2.45) is 0 Å². The van der Waals surface area contributed by atoms with Crippen LogP contribution in [0.4, 0.5) is 0 Å². The molecule has 4 heteroatoms. The molecule has 0 aromatic heterocycles. The van der Waals surface area contributed by atoms with Crippen LogP contribution in [0.2, 0.25) is 0 Å². The van der Waals surface area contributed by atoms with Crippen molar-refractivity contribution in [2.45, 2.75) is 6.29 Å². The van der Waals surface area contributed by atoms with Gasteiger partial charge in [0.05, 0.1) is 12.5 Å². The number of hydrogen-bond acceptors (Lipinski definition) is 4. The van der Waals surface area contributed by atoms with E-state index in [2.05, 4.69) is 0 Å². The summed E-state index contributed by atoms with van der Waals surface area (Å²) in [6.45, 7) is -0.152. The fourth-order valence-corrected chi connectivity index (χ4v) is 1.41. The minimum atomic E-state index is -0.667. The van der Waals surface area contributed by atoms with Gasteiger partial charge >= 0.3 is 5.97 Å². The average molecular weight is 258 g/mol. The molecule has 1 atom stereocenters. The van der Waals surface area contributed by atoms with Crippen molar-refractivity contribution in [3.05, 3.63) is 66.6 Å². The second-order valence-corrected chi connectivity index (χ2v) is 3.73. The Morgan fingerprint density at radius 1 is 1.26 bits per heavy atom. The Bertz CT molecular complexity index is 488. The lowest BCUT2D eigenvalue weighted by Crippen LogP contribution is -2.21. The number of carbonyl (C=O) groups is 1. The zero-order valence-corrected chi connectivity index (χ0v) is 10.3. The summed E-state index contributed by atoms with van der Waals surface area (Å²) in [7, 11) is 0. The lowest BCUT2D eigenvalue weighted by Gasteiger charge is -2.14. The molecule has 0 saturated heterocycles. The Labute approximate surface area is 111 Å². The fraction of sp³-hybridized carbons (Fsp3) is 0.133. The molecule has 0 amide bonds. The van der Waals surface area contributed by atoms with Gasteiger partial charge in [0.15, 0.2) is 6.61 Å². The normalized spacial score (nSPS) is 17.2. The molecule has 0 fully saturated rings. The molecular formula is C15H14O4. The van der Waals surface area contributed by atoms with E-state index >= 15 is 0 Å². The van der Waals surface area contributed by atoms with Crippen LogP contribution in [0.1, 0.15) is 5.56 Å². The van der Waals surface area contributed by atoms with E-state index in [1.807, 2.05) is 30.3 Å². The van der Waals surface area contributed by atoms with Gasteiger partial charge in [-0.1, -0.05) is 36.4 Å².